The molecule has 0 unspecified atom stereocenters. The van der Waals surface area contributed by atoms with E-state index in [1.54, 1.807) is 0 Å². The first-order valence-corrected chi connectivity index (χ1v) is 6.51. The predicted octanol–water partition coefficient (Wildman–Crippen LogP) is -0.372. The highest BCUT2D eigenvalue weighted by Gasteiger charge is 2.28. The second kappa shape index (κ2) is 6.00. The van der Waals surface area contributed by atoms with Crippen LogP contribution in [0.1, 0.15) is 25.7 Å². The highest BCUT2D eigenvalue weighted by molar-refractivity contribution is 5.80. The molecule has 0 radical (unpaired) electrons. The van der Waals surface area contributed by atoms with E-state index in [0.29, 0.717) is 19.6 Å². The van der Waals surface area contributed by atoms with E-state index >= 15 is 0 Å². The van der Waals surface area contributed by atoms with Crippen molar-refractivity contribution in [2.45, 2.75) is 25.7 Å². The number of carbonyl (C=O) groups is 2. The molecular formula is C12H21N3O2. The molecule has 0 aromatic heterocycles. The van der Waals surface area contributed by atoms with E-state index in [0.717, 1.165) is 25.3 Å². The van der Waals surface area contributed by atoms with E-state index in [4.69, 9.17) is 0 Å². The van der Waals surface area contributed by atoms with Crippen LogP contribution in [0.25, 0.3) is 0 Å². The van der Waals surface area contributed by atoms with Crippen molar-refractivity contribution in [3.8, 4) is 0 Å². The first-order chi connectivity index (χ1) is 8.25. The summed E-state index contributed by atoms with van der Waals surface area (Å²) in [4.78, 5) is 22.6. The third-order valence-electron chi connectivity index (χ3n) is 3.12. The van der Waals surface area contributed by atoms with Crippen molar-refractivity contribution in [3.05, 3.63) is 0 Å². The molecule has 0 saturated heterocycles. The zero-order valence-corrected chi connectivity index (χ0v) is 10.1. The lowest BCUT2D eigenvalue weighted by molar-refractivity contribution is -0.122. The van der Waals surface area contributed by atoms with Crippen molar-refractivity contribution in [2.75, 3.05) is 26.2 Å². The van der Waals surface area contributed by atoms with Crippen molar-refractivity contribution in [1.29, 1.82) is 0 Å². The van der Waals surface area contributed by atoms with Gasteiger partial charge in [0.25, 0.3) is 0 Å². The molecule has 0 bridgehead atoms. The highest BCUT2D eigenvalue weighted by atomic mass is 16.2. The predicted molar refractivity (Wildman–Crippen MR) is 64.3 cm³/mol. The summed E-state index contributed by atoms with van der Waals surface area (Å²) in [7, 11) is 0. The van der Waals surface area contributed by atoms with Crippen molar-refractivity contribution < 1.29 is 9.59 Å². The molecule has 5 nitrogen and oxygen atoms in total. The molecule has 0 aromatic rings. The number of carbonyl (C=O) groups excluding carboxylic acids is 2. The Morgan fingerprint density at radius 2 is 1.76 bits per heavy atom. The third-order valence-corrected chi connectivity index (χ3v) is 3.12. The normalized spacial score (nSPS) is 18.8. The van der Waals surface area contributed by atoms with Gasteiger partial charge in [0.05, 0.1) is 6.54 Å². The van der Waals surface area contributed by atoms with Crippen LogP contribution >= 0.6 is 0 Å². The molecule has 0 atom stereocenters. The summed E-state index contributed by atoms with van der Waals surface area (Å²) in [6.45, 7) is 2.41. The summed E-state index contributed by atoms with van der Waals surface area (Å²) in [5, 5.41) is 8.75. The first kappa shape index (κ1) is 12.4. The van der Waals surface area contributed by atoms with Crippen LogP contribution in [0.4, 0.5) is 0 Å². The Bertz CT molecular complexity index is 285. The van der Waals surface area contributed by atoms with E-state index in [9.17, 15) is 9.59 Å². The van der Waals surface area contributed by atoms with E-state index < -0.39 is 0 Å². The summed E-state index contributed by atoms with van der Waals surface area (Å²) in [6, 6.07) is 0. The molecule has 0 heterocycles. The molecule has 2 fully saturated rings. The maximum Gasteiger partial charge on any atom is 0.233 e. The zero-order valence-electron chi connectivity index (χ0n) is 10.1. The summed E-state index contributed by atoms with van der Waals surface area (Å²) in [5.74, 6) is 1.18. The summed E-state index contributed by atoms with van der Waals surface area (Å²) in [6.07, 6.45) is 4.56. The zero-order chi connectivity index (χ0) is 12.1. The summed E-state index contributed by atoms with van der Waals surface area (Å²) < 4.78 is 0. The minimum absolute atomic E-state index is 0.0467. The second-order valence-electron chi connectivity index (χ2n) is 4.99. The van der Waals surface area contributed by atoms with Gasteiger partial charge in [-0.15, -0.1) is 0 Å². The molecular weight excluding hydrogens is 218 g/mol. The SMILES string of the molecule is O=C(CNCCNC(=O)C1CC1)NCC1CC1. The molecule has 5 heteroatoms. The van der Waals surface area contributed by atoms with Crippen LogP contribution in [-0.2, 0) is 9.59 Å². The molecule has 3 N–H and O–H groups in total. The number of hydrogen-bond acceptors (Lipinski definition) is 3. The average Bonchev–Trinajstić information content (AvgIpc) is 3.18. The van der Waals surface area contributed by atoms with Crippen molar-refractivity contribution in [2.24, 2.45) is 11.8 Å². The maximum absolute atomic E-state index is 11.3. The lowest BCUT2D eigenvalue weighted by Crippen LogP contribution is -2.38. The van der Waals surface area contributed by atoms with Gasteiger partial charge in [0.2, 0.25) is 11.8 Å². The fraction of sp³-hybridized carbons (Fsp3) is 0.833. The number of amides is 2. The average molecular weight is 239 g/mol. The molecule has 0 aliphatic heterocycles. The maximum atomic E-state index is 11.3. The van der Waals surface area contributed by atoms with Crippen LogP contribution in [0.3, 0.4) is 0 Å². The van der Waals surface area contributed by atoms with Crippen LogP contribution in [0.15, 0.2) is 0 Å². The number of nitrogens with one attached hydrogen (secondary N) is 3. The Morgan fingerprint density at radius 1 is 1.00 bits per heavy atom. The van der Waals surface area contributed by atoms with Gasteiger partial charge in [-0.05, 0) is 31.6 Å². The summed E-state index contributed by atoms with van der Waals surface area (Å²) in [5.41, 5.74) is 0. The van der Waals surface area contributed by atoms with E-state index in [2.05, 4.69) is 16.0 Å². The van der Waals surface area contributed by atoms with Gasteiger partial charge in [0.1, 0.15) is 0 Å². The molecule has 96 valence electrons. The Labute approximate surface area is 102 Å². The quantitative estimate of drug-likeness (QED) is 0.506. The molecule has 0 spiro atoms. The Kier molecular flexibility index (Phi) is 4.36. The molecule has 2 saturated carbocycles. The van der Waals surface area contributed by atoms with Crippen molar-refractivity contribution in [3.63, 3.8) is 0 Å². The largest absolute Gasteiger partial charge is 0.355 e. The van der Waals surface area contributed by atoms with Gasteiger partial charge in [0, 0.05) is 25.6 Å². The lowest BCUT2D eigenvalue weighted by Gasteiger charge is -2.07. The Balaban J connectivity index is 1.39. The van der Waals surface area contributed by atoms with Crippen LogP contribution in [0.2, 0.25) is 0 Å². The van der Waals surface area contributed by atoms with Gasteiger partial charge in [-0.2, -0.15) is 0 Å². The molecule has 2 aliphatic rings. The van der Waals surface area contributed by atoms with Crippen LogP contribution in [-0.4, -0.2) is 38.0 Å². The van der Waals surface area contributed by atoms with E-state index in [1.165, 1.54) is 12.8 Å². The van der Waals surface area contributed by atoms with Crippen LogP contribution < -0.4 is 16.0 Å². The van der Waals surface area contributed by atoms with Gasteiger partial charge in [0.15, 0.2) is 0 Å². The molecule has 2 aliphatic carbocycles. The fourth-order valence-electron chi connectivity index (χ4n) is 1.61. The van der Waals surface area contributed by atoms with Gasteiger partial charge in [-0.3, -0.25) is 9.59 Å². The minimum Gasteiger partial charge on any atom is -0.355 e. The molecule has 2 amide bonds. The number of rotatable bonds is 8. The molecule has 0 aromatic carbocycles. The minimum atomic E-state index is 0.0467. The second-order valence-corrected chi connectivity index (χ2v) is 4.99. The Morgan fingerprint density at radius 3 is 2.41 bits per heavy atom. The van der Waals surface area contributed by atoms with Crippen molar-refractivity contribution in [1.82, 2.24) is 16.0 Å². The van der Waals surface area contributed by atoms with Gasteiger partial charge >= 0.3 is 0 Å². The van der Waals surface area contributed by atoms with E-state index in [-0.39, 0.29) is 17.7 Å². The van der Waals surface area contributed by atoms with Gasteiger partial charge in [-0.25, -0.2) is 0 Å². The van der Waals surface area contributed by atoms with E-state index in [1.807, 2.05) is 0 Å². The van der Waals surface area contributed by atoms with Crippen LogP contribution in [0.5, 0.6) is 0 Å². The van der Waals surface area contributed by atoms with Crippen molar-refractivity contribution >= 4 is 11.8 Å². The lowest BCUT2D eigenvalue weighted by atomic mass is 10.4. The monoisotopic (exact) mass is 239 g/mol. The molecule has 17 heavy (non-hydrogen) atoms. The summed E-state index contributed by atoms with van der Waals surface area (Å²) >= 11 is 0. The van der Waals surface area contributed by atoms with Gasteiger partial charge < -0.3 is 16.0 Å². The topological polar surface area (TPSA) is 70.2 Å². The van der Waals surface area contributed by atoms with Crippen LogP contribution in [0, 0.1) is 11.8 Å². The smallest absolute Gasteiger partial charge is 0.233 e. The highest BCUT2D eigenvalue weighted by Crippen LogP contribution is 2.28. The fourth-order valence-corrected chi connectivity index (χ4v) is 1.61. The standard InChI is InChI=1S/C12H21N3O2/c16-11(15-7-9-1-2-9)8-13-5-6-14-12(17)10-3-4-10/h9-10,13H,1-8H2,(H,14,17)(H,15,16). The third kappa shape index (κ3) is 5.17. The van der Waals surface area contributed by atoms with Gasteiger partial charge in [-0.1, -0.05) is 0 Å². The number of hydrogen-bond donors (Lipinski definition) is 3. The molecule has 2 rings (SSSR count). The first-order valence-electron chi connectivity index (χ1n) is 6.51. The Hall–Kier alpha value is -1.10.